The van der Waals surface area contributed by atoms with Gasteiger partial charge in [0.05, 0.1) is 14.2 Å². The Labute approximate surface area is 135 Å². The van der Waals surface area contributed by atoms with E-state index in [0.717, 1.165) is 11.1 Å². The predicted octanol–water partition coefficient (Wildman–Crippen LogP) is 2.51. The van der Waals surface area contributed by atoms with E-state index in [2.05, 4.69) is 5.32 Å². The number of ether oxygens (including phenoxy) is 2. The third kappa shape index (κ3) is 4.10. The number of methoxy groups -OCH3 is 2. The number of nitrogens with one attached hydrogen (secondary N) is 1. The molecule has 5 nitrogen and oxygen atoms in total. The Kier molecular flexibility index (Phi) is 5.36. The van der Waals surface area contributed by atoms with Crippen molar-refractivity contribution in [3.8, 4) is 11.5 Å². The lowest BCUT2D eigenvalue weighted by Gasteiger charge is -2.11. The first kappa shape index (κ1) is 16.5. The van der Waals surface area contributed by atoms with Crippen LogP contribution in [0.4, 0.5) is 0 Å². The standard InChI is InChI=1S/C18H19NO4/c1-12-4-6-13(7-5-12)17(20)18(21)19-11-14-8-9-15(22-2)10-16(14)23-3/h4-10H,11H2,1-3H3,(H,19,21). The Morgan fingerprint density at radius 3 is 2.30 bits per heavy atom. The zero-order valence-electron chi connectivity index (χ0n) is 13.4. The molecular weight excluding hydrogens is 294 g/mol. The molecule has 0 fully saturated rings. The molecule has 2 aromatic rings. The smallest absolute Gasteiger partial charge is 0.292 e. The molecule has 0 spiro atoms. The van der Waals surface area contributed by atoms with E-state index in [4.69, 9.17) is 9.47 Å². The van der Waals surface area contributed by atoms with E-state index in [1.807, 2.05) is 6.92 Å². The molecule has 0 saturated carbocycles. The fourth-order valence-electron chi connectivity index (χ4n) is 2.09. The Morgan fingerprint density at radius 2 is 1.70 bits per heavy atom. The summed E-state index contributed by atoms with van der Waals surface area (Å²) in [5.74, 6) is 0.0456. The lowest BCUT2D eigenvalue weighted by Crippen LogP contribution is -2.30. The largest absolute Gasteiger partial charge is 0.497 e. The minimum absolute atomic E-state index is 0.198. The first-order valence-corrected chi connectivity index (χ1v) is 7.15. The van der Waals surface area contributed by atoms with Gasteiger partial charge in [0, 0.05) is 23.7 Å². The molecule has 5 heteroatoms. The van der Waals surface area contributed by atoms with Crippen LogP contribution in [-0.4, -0.2) is 25.9 Å². The van der Waals surface area contributed by atoms with Gasteiger partial charge in [-0.2, -0.15) is 0 Å². The highest BCUT2D eigenvalue weighted by Gasteiger charge is 2.16. The van der Waals surface area contributed by atoms with Gasteiger partial charge in [0.1, 0.15) is 11.5 Å². The molecule has 0 aromatic heterocycles. The fourth-order valence-corrected chi connectivity index (χ4v) is 2.09. The fraction of sp³-hybridized carbons (Fsp3) is 0.222. The number of amides is 1. The zero-order chi connectivity index (χ0) is 16.8. The summed E-state index contributed by atoms with van der Waals surface area (Å²) in [6.07, 6.45) is 0. The molecule has 120 valence electrons. The molecule has 1 amide bonds. The number of carbonyl (C=O) groups excluding carboxylic acids is 2. The molecule has 2 rings (SSSR count). The number of rotatable bonds is 6. The first-order chi connectivity index (χ1) is 11.0. The second-order valence-corrected chi connectivity index (χ2v) is 5.06. The van der Waals surface area contributed by atoms with Crippen LogP contribution < -0.4 is 14.8 Å². The van der Waals surface area contributed by atoms with Crippen molar-refractivity contribution in [2.45, 2.75) is 13.5 Å². The minimum Gasteiger partial charge on any atom is -0.497 e. The van der Waals surface area contributed by atoms with Crippen molar-refractivity contribution in [1.82, 2.24) is 5.32 Å². The Balaban J connectivity index is 2.04. The van der Waals surface area contributed by atoms with E-state index in [9.17, 15) is 9.59 Å². The van der Waals surface area contributed by atoms with E-state index in [-0.39, 0.29) is 6.54 Å². The average Bonchev–Trinajstić information content (AvgIpc) is 2.59. The van der Waals surface area contributed by atoms with Gasteiger partial charge in [0.25, 0.3) is 5.91 Å². The summed E-state index contributed by atoms with van der Waals surface area (Å²) in [5.41, 5.74) is 2.16. The Bertz CT molecular complexity index is 707. The number of Topliss-reactive ketones (excluding diaryl/α,β-unsaturated/α-hetero) is 1. The Morgan fingerprint density at radius 1 is 1.00 bits per heavy atom. The second-order valence-electron chi connectivity index (χ2n) is 5.06. The van der Waals surface area contributed by atoms with Crippen molar-refractivity contribution in [1.29, 1.82) is 0 Å². The molecule has 0 aliphatic heterocycles. The van der Waals surface area contributed by atoms with Crippen LogP contribution >= 0.6 is 0 Å². The molecule has 0 bridgehead atoms. The van der Waals surface area contributed by atoms with Crippen molar-refractivity contribution >= 4 is 11.7 Å². The van der Waals surface area contributed by atoms with Crippen LogP contribution in [-0.2, 0) is 11.3 Å². The molecule has 1 N–H and O–H groups in total. The van der Waals surface area contributed by atoms with E-state index in [1.165, 1.54) is 7.11 Å². The van der Waals surface area contributed by atoms with Crippen molar-refractivity contribution in [3.63, 3.8) is 0 Å². The molecule has 0 atom stereocenters. The maximum Gasteiger partial charge on any atom is 0.292 e. The lowest BCUT2D eigenvalue weighted by atomic mass is 10.1. The van der Waals surface area contributed by atoms with Gasteiger partial charge in [-0.1, -0.05) is 29.8 Å². The van der Waals surface area contributed by atoms with Crippen LogP contribution in [0, 0.1) is 6.92 Å². The summed E-state index contributed by atoms with van der Waals surface area (Å²) >= 11 is 0. The van der Waals surface area contributed by atoms with E-state index < -0.39 is 11.7 Å². The molecule has 0 aliphatic carbocycles. The molecule has 0 saturated heterocycles. The van der Waals surface area contributed by atoms with Crippen LogP contribution in [0.15, 0.2) is 42.5 Å². The maximum atomic E-state index is 12.1. The van der Waals surface area contributed by atoms with Gasteiger partial charge in [-0.3, -0.25) is 9.59 Å². The van der Waals surface area contributed by atoms with Gasteiger partial charge in [0.15, 0.2) is 0 Å². The van der Waals surface area contributed by atoms with Crippen LogP contribution in [0.5, 0.6) is 11.5 Å². The number of hydrogen-bond acceptors (Lipinski definition) is 4. The van der Waals surface area contributed by atoms with Gasteiger partial charge in [0.2, 0.25) is 5.78 Å². The van der Waals surface area contributed by atoms with Crippen molar-refractivity contribution in [3.05, 3.63) is 59.2 Å². The van der Waals surface area contributed by atoms with Gasteiger partial charge in [-0.15, -0.1) is 0 Å². The third-order valence-electron chi connectivity index (χ3n) is 3.45. The Hall–Kier alpha value is -2.82. The second kappa shape index (κ2) is 7.45. The molecule has 2 aromatic carbocycles. The van der Waals surface area contributed by atoms with Crippen molar-refractivity contribution < 1.29 is 19.1 Å². The average molecular weight is 313 g/mol. The molecule has 0 heterocycles. The molecule has 0 radical (unpaired) electrons. The van der Waals surface area contributed by atoms with E-state index >= 15 is 0 Å². The SMILES string of the molecule is COc1ccc(CNC(=O)C(=O)c2ccc(C)cc2)c(OC)c1. The monoisotopic (exact) mass is 313 g/mol. The van der Waals surface area contributed by atoms with Gasteiger partial charge in [-0.25, -0.2) is 0 Å². The molecule has 23 heavy (non-hydrogen) atoms. The highest BCUT2D eigenvalue weighted by atomic mass is 16.5. The van der Waals surface area contributed by atoms with Crippen LogP contribution in [0.2, 0.25) is 0 Å². The number of carbonyl (C=O) groups is 2. The summed E-state index contributed by atoms with van der Waals surface area (Å²) in [7, 11) is 3.11. The topological polar surface area (TPSA) is 64.6 Å². The predicted molar refractivity (Wildman–Crippen MR) is 86.9 cm³/mol. The number of aryl methyl sites for hydroxylation is 1. The van der Waals surface area contributed by atoms with Crippen molar-refractivity contribution in [2.24, 2.45) is 0 Å². The normalized spacial score (nSPS) is 10.0. The highest BCUT2D eigenvalue weighted by molar-refractivity contribution is 6.42. The summed E-state index contributed by atoms with van der Waals surface area (Å²) < 4.78 is 10.4. The number of ketones is 1. The summed E-state index contributed by atoms with van der Waals surface area (Å²) in [6.45, 7) is 2.12. The van der Waals surface area contributed by atoms with Crippen LogP contribution in [0.3, 0.4) is 0 Å². The van der Waals surface area contributed by atoms with Crippen molar-refractivity contribution in [2.75, 3.05) is 14.2 Å². The summed E-state index contributed by atoms with van der Waals surface area (Å²) in [4.78, 5) is 24.1. The van der Waals surface area contributed by atoms with Crippen LogP contribution in [0.1, 0.15) is 21.5 Å². The van der Waals surface area contributed by atoms with Gasteiger partial charge < -0.3 is 14.8 Å². The summed E-state index contributed by atoms with van der Waals surface area (Å²) in [5, 5.41) is 2.61. The highest BCUT2D eigenvalue weighted by Crippen LogP contribution is 2.24. The summed E-state index contributed by atoms with van der Waals surface area (Å²) in [6, 6.07) is 12.2. The lowest BCUT2D eigenvalue weighted by molar-refractivity contribution is -0.117. The van der Waals surface area contributed by atoms with E-state index in [1.54, 1.807) is 49.6 Å². The number of hydrogen-bond donors (Lipinski definition) is 1. The van der Waals surface area contributed by atoms with Gasteiger partial charge >= 0.3 is 0 Å². The van der Waals surface area contributed by atoms with E-state index in [0.29, 0.717) is 17.1 Å². The zero-order valence-corrected chi connectivity index (χ0v) is 13.4. The molecule has 0 aliphatic rings. The quantitative estimate of drug-likeness (QED) is 0.657. The maximum absolute atomic E-state index is 12.1. The van der Waals surface area contributed by atoms with Gasteiger partial charge in [-0.05, 0) is 19.1 Å². The molecule has 0 unspecified atom stereocenters. The number of benzene rings is 2. The third-order valence-corrected chi connectivity index (χ3v) is 3.45. The van der Waals surface area contributed by atoms with Crippen LogP contribution in [0.25, 0.3) is 0 Å². The first-order valence-electron chi connectivity index (χ1n) is 7.15. The minimum atomic E-state index is -0.647. The molecular formula is C18H19NO4.